The summed E-state index contributed by atoms with van der Waals surface area (Å²) in [6, 6.07) is 12.5. The molecule has 27 heavy (non-hydrogen) atoms. The van der Waals surface area contributed by atoms with E-state index in [9.17, 15) is 18.0 Å². The summed E-state index contributed by atoms with van der Waals surface area (Å²) in [5.41, 5.74) is 1.41. The van der Waals surface area contributed by atoms with E-state index in [0.29, 0.717) is 11.3 Å². The fourth-order valence-corrected chi connectivity index (χ4v) is 2.65. The largest absolute Gasteiger partial charge is 0.490 e. The third-order valence-electron chi connectivity index (χ3n) is 3.44. The minimum absolute atomic E-state index is 0.0178. The molecule has 0 fully saturated rings. The first-order chi connectivity index (χ1) is 12.8. The maximum absolute atomic E-state index is 11.9. The first kappa shape index (κ1) is 20.4. The average molecular weight is 392 g/mol. The Balaban J connectivity index is 1.68. The summed E-state index contributed by atoms with van der Waals surface area (Å²) in [7, 11) is -3.75. The van der Waals surface area contributed by atoms with Gasteiger partial charge in [-0.2, -0.15) is 0 Å². The molecule has 8 nitrogen and oxygen atoms in total. The molecule has 3 N–H and O–H groups in total. The lowest BCUT2D eigenvalue weighted by molar-refractivity contribution is -0.143. The number of esters is 1. The Hall–Kier alpha value is -2.91. The second-order valence-corrected chi connectivity index (χ2v) is 7.20. The highest BCUT2D eigenvalue weighted by molar-refractivity contribution is 7.89. The van der Waals surface area contributed by atoms with Crippen molar-refractivity contribution in [3.8, 4) is 5.75 Å². The van der Waals surface area contributed by atoms with Gasteiger partial charge in [-0.25, -0.2) is 13.6 Å². The van der Waals surface area contributed by atoms with E-state index < -0.39 is 16.0 Å². The van der Waals surface area contributed by atoms with Crippen LogP contribution in [0.15, 0.2) is 53.4 Å². The number of primary sulfonamides is 1. The summed E-state index contributed by atoms with van der Waals surface area (Å²) in [5, 5.41) is 7.48. The van der Waals surface area contributed by atoms with Gasteiger partial charge < -0.3 is 14.8 Å². The van der Waals surface area contributed by atoms with Crippen molar-refractivity contribution >= 4 is 21.9 Å². The zero-order valence-corrected chi connectivity index (χ0v) is 15.5. The third kappa shape index (κ3) is 6.72. The third-order valence-corrected chi connectivity index (χ3v) is 4.37. The van der Waals surface area contributed by atoms with Gasteiger partial charge in [0.2, 0.25) is 10.0 Å². The maximum atomic E-state index is 11.9. The minimum Gasteiger partial charge on any atom is -0.490 e. The standard InChI is InChI=1S/C18H20N2O6S/c1-13-3-2-4-14(11-13)18(22)20-12-17(21)26-10-9-25-15-5-7-16(8-6-15)27(19,23)24/h2-8,11H,9-10,12H2,1H3,(H,20,22)(H2,19,23,24). The molecule has 0 saturated carbocycles. The van der Waals surface area contributed by atoms with Crippen LogP contribution in [0.3, 0.4) is 0 Å². The highest BCUT2D eigenvalue weighted by Crippen LogP contribution is 2.14. The number of ether oxygens (including phenoxy) is 2. The van der Waals surface area contributed by atoms with E-state index in [-0.39, 0.29) is 30.6 Å². The molecule has 0 spiro atoms. The number of carbonyl (C=O) groups excluding carboxylic acids is 2. The molecule has 2 aromatic carbocycles. The number of nitrogens with two attached hydrogens (primary N) is 1. The van der Waals surface area contributed by atoms with Gasteiger partial charge in [-0.1, -0.05) is 17.7 Å². The van der Waals surface area contributed by atoms with Crippen LogP contribution in [-0.2, 0) is 19.6 Å². The van der Waals surface area contributed by atoms with Gasteiger partial charge in [0.25, 0.3) is 5.91 Å². The summed E-state index contributed by atoms with van der Waals surface area (Å²) in [5.74, 6) is -0.544. The van der Waals surface area contributed by atoms with Gasteiger partial charge in [-0.15, -0.1) is 0 Å². The van der Waals surface area contributed by atoms with Crippen molar-refractivity contribution in [2.75, 3.05) is 19.8 Å². The summed E-state index contributed by atoms with van der Waals surface area (Å²) >= 11 is 0. The Labute approximate surface area is 157 Å². The zero-order chi connectivity index (χ0) is 19.9. The normalized spacial score (nSPS) is 10.9. The van der Waals surface area contributed by atoms with Crippen molar-refractivity contribution in [2.45, 2.75) is 11.8 Å². The lowest BCUT2D eigenvalue weighted by Gasteiger charge is -2.09. The molecule has 0 aliphatic rings. The van der Waals surface area contributed by atoms with E-state index >= 15 is 0 Å². The molecule has 0 bridgehead atoms. The van der Waals surface area contributed by atoms with E-state index in [0.717, 1.165) is 5.56 Å². The van der Waals surface area contributed by atoms with Crippen molar-refractivity contribution in [1.82, 2.24) is 5.32 Å². The second kappa shape index (κ2) is 9.15. The SMILES string of the molecule is Cc1cccc(C(=O)NCC(=O)OCCOc2ccc(S(N)(=O)=O)cc2)c1. The summed E-state index contributed by atoms with van der Waals surface area (Å²) < 4.78 is 32.6. The molecule has 1 amide bonds. The molecule has 0 heterocycles. The lowest BCUT2D eigenvalue weighted by atomic mass is 10.1. The lowest BCUT2D eigenvalue weighted by Crippen LogP contribution is -2.31. The van der Waals surface area contributed by atoms with Gasteiger partial charge in [0.1, 0.15) is 25.5 Å². The van der Waals surface area contributed by atoms with Crippen LogP contribution in [0.25, 0.3) is 0 Å². The van der Waals surface area contributed by atoms with Crippen LogP contribution in [0, 0.1) is 6.92 Å². The topological polar surface area (TPSA) is 125 Å². The van der Waals surface area contributed by atoms with Gasteiger partial charge >= 0.3 is 5.97 Å². The highest BCUT2D eigenvalue weighted by Gasteiger charge is 2.09. The van der Waals surface area contributed by atoms with Crippen LogP contribution < -0.4 is 15.2 Å². The van der Waals surface area contributed by atoms with Crippen LogP contribution in [-0.4, -0.2) is 40.1 Å². The molecular weight excluding hydrogens is 372 g/mol. The van der Waals surface area contributed by atoms with Crippen molar-refractivity contribution in [3.63, 3.8) is 0 Å². The van der Waals surface area contributed by atoms with Crippen LogP contribution in [0.4, 0.5) is 0 Å². The number of benzene rings is 2. The molecular formula is C18H20N2O6S. The van der Waals surface area contributed by atoms with E-state index in [4.69, 9.17) is 14.6 Å². The van der Waals surface area contributed by atoms with Crippen LogP contribution >= 0.6 is 0 Å². The molecule has 0 saturated heterocycles. The van der Waals surface area contributed by atoms with E-state index in [1.807, 2.05) is 13.0 Å². The Kier molecular flexibility index (Phi) is 6.91. The van der Waals surface area contributed by atoms with Crippen LogP contribution in [0.5, 0.6) is 5.75 Å². The summed E-state index contributed by atoms with van der Waals surface area (Å²) in [4.78, 5) is 23.5. The smallest absolute Gasteiger partial charge is 0.325 e. The van der Waals surface area contributed by atoms with Crippen molar-refractivity contribution < 1.29 is 27.5 Å². The molecule has 0 atom stereocenters. The number of aryl methyl sites for hydroxylation is 1. The highest BCUT2D eigenvalue weighted by atomic mass is 32.2. The average Bonchev–Trinajstić information content (AvgIpc) is 2.63. The second-order valence-electron chi connectivity index (χ2n) is 5.64. The molecule has 2 aromatic rings. The number of amides is 1. The zero-order valence-electron chi connectivity index (χ0n) is 14.7. The summed E-state index contributed by atoms with van der Waals surface area (Å²) in [6.45, 7) is 1.67. The number of nitrogens with one attached hydrogen (secondary N) is 1. The monoisotopic (exact) mass is 392 g/mol. The van der Waals surface area contributed by atoms with Gasteiger partial charge in [-0.3, -0.25) is 9.59 Å². The van der Waals surface area contributed by atoms with E-state index in [2.05, 4.69) is 5.32 Å². The van der Waals surface area contributed by atoms with Gasteiger partial charge in [0.05, 0.1) is 4.90 Å². The maximum Gasteiger partial charge on any atom is 0.325 e. The number of carbonyl (C=O) groups is 2. The predicted molar refractivity (Wildman–Crippen MR) is 97.8 cm³/mol. The van der Waals surface area contributed by atoms with Crippen molar-refractivity contribution in [1.29, 1.82) is 0 Å². The first-order valence-electron chi connectivity index (χ1n) is 8.02. The summed E-state index contributed by atoms with van der Waals surface area (Å²) in [6.07, 6.45) is 0. The van der Waals surface area contributed by atoms with Crippen LogP contribution in [0.2, 0.25) is 0 Å². The van der Waals surface area contributed by atoms with Gasteiger partial charge in [0, 0.05) is 5.56 Å². The Morgan fingerprint density at radius 2 is 1.78 bits per heavy atom. The molecule has 0 aliphatic carbocycles. The van der Waals surface area contributed by atoms with E-state index in [1.54, 1.807) is 18.2 Å². The molecule has 144 valence electrons. The first-order valence-corrected chi connectivity index (χ1v) is 9.56. The molecule has 0 unspecified atom stereocenters. The minimum atomic E-state index is -3.75. The quantitative estimate of drug-likeness (QED) is 0.510. The predicted octanol–water partition coefficient (Wildman–Crippen LogP) is 0.994. The number of hydrogen-bond acceptors (Lipinski definition) is 6. The molecule has 0 aliphatic heterocycles. The number of sulfonamides is 1. The number of hydrogen-bond donors (Lipinski definition) is 2. The number of rotatable bonds is 8. The Morgan fingerprint density at radius 3 is 2.41 bits per heavy atom. The van der Waals surface area contributed by atoms with Crippen LogP contribution in [0.1, 0.15) is 15.9 Å². The fourth-order valence-electron chi connectivity index (χ4n) is 2.13. The van der Waals surface area contributed by atoms with Crippen molar-refractivity contribution in [2.24, 2.45) is 5.14 Å². The molecule has 0 aromatic heterocycles. The van der Waals surface area contributed by atoms with Gasteiger partial charge in [0.15, 0.2) is 0 Å². The van der Waals surface area contributed by atoms with Gasteiger partial charge in [-0.05, 0) is 43.3 Å². The fraction of sp³-hybridized carbons (Fsp3) is 0.222. The molecule has 0 radical (unpaired) electrons. The molecule has 2 rings (SSSR count). The molecule has 9 heteroatoms. The Morgan fingerprint density at radius 1 is 1.07 bits per heavy atom. The van der Waals surface area contributed by atoms with Crippen molar-refractivity contribution in [3.05, 3.63) is 59.7 Å². The Bertz CT molecular complexity index is 910. The van der Waals surface area contributed by atoms with E-state index in [1.165, 1.54) is 24.3 Å².